The third-order valence-electron chi connectivity index (χ3n) is 0.439. The smallest absolute Gasteiger partial charge is 1.00 e. The molecule has 2 heterocycles. The molecule has 2 aliphatic rings. The Balaban J connectivity index is 0.000000152. The Morgan fingerprint density at radius 1 is 0.875 bits per heavy atom. The molecule has 8 heavy (non-hydrogen) atoms. The average Bonchev–Trinajstić information content (AvgIpc) is 2.59. The van der Waals surface area contributed by atoms with Gasteiger partial charge in [0, 0.05) is 0 Å². The first-order chi connectivity index (χ1) is 3.41. The van der Waals surface area contributed by atoms with Crippen LogP contribution in [0.2, 0.25) is 0 Å². The summed E-state index contributed by atoms with van der Waals surface area (Å²) in [5.41, 5.74) is 0. The maximum atomic E-state index is 7.00. The van der Waals surface area contributed by atoms with Crippen molar-refractivity contribution in [1.82, 2.24) is 0 Å². The Labute approximate surface area is 73.7 Å². The van der Waals surface area contributed by atoms with E-state index in [0.717, 1.165) is 0 Å². The molecule has 0 aromatic carbocycles. The van der Waals surface area contributed by atoms with Crippen molar-refractivity contribution < 1.29 is 30.1 Å². The van der Waals surface area contributed by atoms with E-state index in [9.17, 15) is 0 Å². The van der Waals surface area contributed by atoms with Crippen molar-refractivity contribution in [3.05, 3.63) is 0 Å². The Hall–Kier alpha value is 1.02. The molecule has 0 saturated carbocycles. The van der Waals surface area contributed by atoms with Crippen molar-refractivity contribution in [3.63, 3.8) is 0 Å². The van der Waals surface area contributed by atoms with Crippen LogP contribution in [0.3, 0.4) is 0 Å². The van der Waals surface area contributed by atoms with Crippen molar-refractivity contribution in [3.8, 4) is 0 Å². The Morgan fingerprint density at radius 3 is 1.12 bits per heavy atom. The van der Waals surface area contributed by atoms with E-state index in [0.29, 0.717) is 0 Å². The van der Waals surface area contributed by atoms with Crippen LogP contribution < -0.4 is 10.5 Å². The zero-order valence-electron chi connectivity index (χ0n) is 3.66. The van der Waals surface area contributed by atoms with E-state index in [1.165, 1.54) is 0 Å². The molecule has 0 radical (unpaired) electrons. The second kappa shape index (κ2) is 3.25. The SMILES string of the molecule is O1OC12OO2.[Ca+2].[O-][O-]. The average molecular weight is 148 g/mol. The zero-order valence-corrected chi connectivity index (χ0v) is 5.86. The van der Waals surface area contributed by atoms with E-state index in [4.69, 9.17) is 10.5 Å². The van der Waals surface area contributed by atoms with Gasteiger partial charge in [-0.05, 0) is 0 Å². The summed E-state index contributed by atoms with van der Waals surface area (Å²) >= 11 is 0. The van der Waals surface area contributed by atoms with E-state index in [1.807, 2.05) is 0 Å². The third-order valence-corrected chi connectivity index (χ3v) is 0.439. The number of rotatable bonds is 0. The minimum Gasteiger partial charge on any atom is -1.00 e. The van der Waals surface area contributed by atoms with Crippen LogP contribution in [-0.4, -0.2) is 43.9 Å². The summed E-state index contributed by atoms with van der Waals surface area (Å²) in [4.78, 5) is 16.2. The normalized spacial score (nSPS) is 24.8. The fraction of sp³-hybridized carbons (Fsp3) is 1.00. The van der Waals surface area contributed by atoms with E-state index in [1.54, 1.807) is 0 Å². The first-order valence-corrected chi connectivity index (χ1v) is 1.32. The summed E-state index contributed by atoms with van der Waals surface area (Å²) in [5, 5.41) is 14.0. The Bertz CT molecular complexity index is 51.4. The maximum Gasteiger partial charge on any atom is 2.00 e. The largest absolute Gasteiger partial charge is 2.00 e. The van der Waals surface area contributed by atoms with Gasteiger partial charge in [-0.1, -0.05) is 0 Å². The molecule has 2 fully saturated rings. The van der Waals surface area contributed by atoms with Crippen LogP contribution in [0.25, 0.3) is 0 Å². The molecule has 0 atom stereocenters. The van der Waals surface area contributed by atoms with Crippen molar-refractivity contribution in [2.24, 2.45) is 0 Å². The summed E-state index contributed by atoms with van der Waals surface area (Å²) in [5.74, 6) is 0. The molecule has 2 saturated heterocycles. The molecule has 2 aliphatic heterocycles. The molecule has 0 bridgehead atoms. The van der Waals surface area contributed by atoms with Crippen LogP contribution in [0.1, 0.15) is 0 Å². The number of hydrogen-bond donors (Lipinski definition) is 0. The summed E-state index contributed by atoms with van der Waals surface area (Å²) in [6.07, 6.45) is -1.00. The summed E-state index contributed by atoms with van der Waals surface area (Å²) in [6.45, 7) is 0. The number of hydrogen-bond acceptors (Lipinski definition) is 6. The molecule has 6 nitrogen and oxygen atoms in total. The topological polar surface area (TPSA) is 96.2 Å². The van der Waals surface area contributed by atoms with Gasteiger partial charge in [-0.25, -0.2) is 0 Å². The first-order valence-electron chi connectivity index (χ1n) is 1.32. The molecular weight excluding hydrogens is 148 g/mol. The molecule has 7 heteroatoms. The second-order valence-electron chi connectivity index (χ2n) is 0.833. The molecule has 0 N–H and O–H groups in total. The summed E-state index contributed by atoms with van der Waals surface area (Å²) < 4.78 is 0. The first kappa shape index (κ1) is 9.02. The van der Waals surface area contributed by atoms with Gasteiger partial charge in [0.2, 0.25) is 0 Å². The summed E-state index contributed by atoms with van der Waals surface area (Å²) in [6, 6.07) is 0. The molecule has 0 unspecified atom stereocenters. The predicted octanol–water partition coefficient (Wildman–Crippen LogP) is -3.24. The van der Waals surface area contributed by atoms with Gasteiger partial charge in [0.1, 0.15) is 0 Å². The Morgan fingerprint density at radius 2 is 1.12 bits per heavy atom. The molecule has 0 aromatic rings. The van der Waals surface area contributed by atoms with Crippen molar-refractivity contribution in [2.45, 2.75) is 6.16 Å². The van der Waals surface area contributed by atoms with Crippen molar-refractivity contribution in [1.29, 1.82) is 0 Å². The van der Waals surface area contributed by atoms with Gasteiger partial charge in [-0.3, -0.25) is 0 Å². The fourth-order valence-electron chi connectivity index (χ4n) is 0.124. The monoisotopic (exact) mass is 148 g/mol. The van der Waals surface area contributed by atoms with Gasteiger partial charge < -0.3 is 10.5 Å². The fourth-order valence-corrected chi connectivity index (χ4v) is 0.124. The van der Waals surface area contributed by atoms with Crippen molar-refractivity contribution >= 4 is 37.7 Å². The van der Waals surface area contributed by atoms with Crippen LogP contribution in [0.5, 0.6) is 0 Å². The van der Waals surface area contributed by atoms with Crippen LogP contribution in [0.15, 0.2) is 0 Å². The molecule has 0 amide bonds. The van der Waals surface area contributed by atoms with Crippen LogP contribution in [0.4, 0.5) is 0 Å². The molecule has 1 spiro atoms. The molecule has 42 valence electrons. The van der Waals surface area contributed by atoms with Crippen molar-refractivity contribution in [2.75, 3.05) is 0 Å². The van der Waals surface area contributed by atoms with E-state index >= 15 is 0 Å². The van der Waals surface area contributed by atoms with E-state index in [-0.39, 0.29) is 37.7 Å². The molecular formula is CCaO6. The molecule has 0 aliphatic carbocycles. The summed E-state index contributed by atoms with van der Waals surface area (Å²) in [7, 11) is 0. The van der Waals surface area contributed by atoms with Gasteiger partial charge in [0.25, 0.3) is 0 Å². The molecule has 0 aromatic heterocycles. The zero-order chi connectivity index (χ0) is 5.33. The Kier molecular flexibility index (Phi) is 3.67. The third kappa shape index (κ3) is 2.09. The van der Waals surface area contributed by atoms with Crippen LogP contribution in [0, 0.1) is 0 Å². The quantitative estimate of drug-likeness (QED) is 0.155. The van der Waals surface area contributed by atoms with Crippen LogP contribution in [-0.2, 0) is 19.6 Å². The van der Waals surface area contributed by atoms with Crippen LogP contribution >= 0.6 is 0 Å². The van der Waals surface area contributed by atoms with E-state index in [2.05, 4.69) is 19.6 Å². The van der Waals surface area contributed by atoms with Gasteiger partial charge >= 0.3 is 43.9 Å². The van der Waals surface area contributed by atoms with E-state index < -0.39 is 6.16 Å². The predicted molar refractivity (Wildman–Crippen MR) is 12.8 cm³/mol. The minimum atomic E-state index is -1.00. The molecule has 2 rings (SSSR count). The van der Waals surface area contributed by atoms with Gasteiger partial charge in [-0.2, -0.15) is 0 Å². The second-order valence-corrected chi connectivity index (χ2v) is 0.833. The standard InChI is InChI=1S/CO4.Ca.O2/c2-1(3-2)4-5-1;;1-2/q;+2;-2. The van der Waals surface area contributed by atoms with Gasteiger partial charge in [0.05, 0.1) is 0 Å². The maximum absolute atomic E-state index is 7.00. The van der Waals surface area contributed by atoms with Gasteiger partial charge in [-0.15, -0.1) is 19.6 Å². The minimum absolute atomic E-state index is 0. The van der Waals surface area contributed by atoms with Gasteiger partial charge in [0.15, 0.2) is 0 Å².